The summed E-state index contributed by atoms with van der Waals surface area (Å²) in [6.45, 7) is 49.7. The fourth-order valence-corrected chi connectivity index (χ4v) is 6.64. The van der Waals surface area contributed by atoms with E-state index in [0.717, 1.165) is 119 Å². The molecule has 0 spiro atoms. The maximum atomic E-state index is 10.2. The Hall–Kier alpha value is -1.79. The van der Waals surface area contributed by atoms with Crippen LogP contribution in [0.2, 0.25) is 0 Å². The van der Waals surface area contributed by atoms with Gasteiger partial charge < -0.3 is 34.7 Å². The predicted octanol–water partition coefficient (Wildman–Crippen LogP) is 18.2. The number of aldehydes is 1. The first kappa shape index (κ1) is 82.5. The average Bonchev–Trinajstić information content (AvgIpc) is 3.41. The monoisotopic (exact) mass is 1160 g/mol. The molecule has 0 amide bonds. The third-order valence-corrected chi connectivity index (χ3v) is 12.8. The first-order valence-corrected chi connectivity index (χ1v) is 28.2. The molecular weight excluding hydrogens is 1040 g/mol. The molecule has 1 aliphatic rings. The van der Waals surface area contributed by atoms with Gasteiger partial charge in [-0.2, -0.15) is 0 Å². The molecule has 1 rings (SSSR count). The summed E-state index contributed by atoms with van der Waals surface area (Å²) in [4.78, 5) is 10.2. The lowest BCUT2D eigenvalue weighted by Crippen LogP contribution is -2.19. The van der Waals surface area contributed by atoms with Crippen molar-refractivity contribution >= 4 is 38.1 Å². The zero-order valence-corrected chi connectivity index (χ0v) is 52.9. The van der Waals surface area contributed by atoms with Gasteiger partial charge in [-0.1, -0.05) is 151 Å². The van der Waals surface area contributed by atoms with Crippen LogP contribution in [0.4, 0.5) is 0 Å². The van der Waals surface area contributed by atoms with E-state index in [-0.39, 0.29) is 34.7 Å². The van der Waals surface area contributed by atoms with E-state index < -0.39 is 11.9 Å². The molecule has 9 heteroatoms. The first-order chi connectivity index (χ1) is 32.9. The van der Waals surface area contributed by atoms with Crippen molar-refractivity contribution in [2.75, 3.05) is 26.9 Å². The molecule has 0 bridgehead atoms. The first-order valence-electron chi connectivity index (χ1n) is 26.6. The standard InChI is InChI=1S/C14H26O2.C13H22O.C10H16Br2.C9H18O.C9H16O.C8H16O2.CH4/c1-13(2,9-6-7-12-15)10-8-11-14(3,4)16-5;1-6-7-9-12(2,3)10-8-11-13(4,5)14;1-4-5-7-10(2,3)8-6-9(11)12;2*1-4-5-6-9(2,3)7-8-10;1-8(2)4-3-7(9)10-6-5-8;/h15H,6-7,9-10,12H2,1-5H3;6,14H,1,7,9-10H2,2-5H3;4,6H,1,5,7-8H2,2-3H3;4,10H,1,5-8H2,2-3H3;4,8H,1,5-7H2,2-3H3;7,9H,3-6H2,1-2H3;1H4. The lowest BCUT2D eigenvalue weighted by molar-refractivity contribution is -0.109. The number of carbonyl (C=O) groups excluding carboxylic acids is 1. The molecule has 0 aliphatic carbocycles. The number of aliphatic hydroxyl groups excluding tert-OH is 3. The van der Waals surface area contributed by atoms with Crippen LogP contribution in [-0.2, 0) is 14.3 Å². The fraction of sp³-hybridized carbons (Fsp3) is 0.766. The molecule has 1 heterocycles. The van der Waals surface area contributed by atoms with Gasteiger partial charge in [-0.25, -0.2) is 0 Å². The Morgan fingerprint density at radius 1 is 0.644 bits per heavy atom. The molecule has 0 aromatic heterocycles. The van der Waals surface area contributed by atoms with E-state index >= 15 is 0 Å². The summed E-state index contributed by atoms with van der Waals surface area (Å²) >= 11 is 6.71. The number of rotatable bonds is 25. The van der Waals surface area contributed by atoms with Gasteiger partial charge in [0.15, 0.2) is 6.29 Å². The molecule has 1 saturated heterocycles. The largest absolute Gasteiger partial charge is 0.396 e. The molecular formula is C64H118Br2O7. The Morgan fingerprint density at radius 3 is 1.47 bits per heavy atom. The number of hydrogen-bond acceptors (Lipinski definition) is 7. The van der Waals surface area contributed by atoms with E-state index in [2.05, 4.69) is 171 Å². The van der Waals surface area contributed by atoms with Crippen LogP contribution in [0.15, 0.2) is 60.1 Å². The van der Waals surface area contributed by atoms with Gasteiger partial charge in [0.25, 0.3) is 0 Å². The smallest absolute Gasteiger partial charge is 0.154 e. The van der Waals surface area contributed by atoms with E-state index in [9.17, 15) is 9.90 Å². The van der Waals surface area contributed by atoms with Crippen LogP contribution >= 0.6 is 31.9 Å². The van der Waals surface area contributed by atoms with Crippen LogP contribution in [0.25, 0.3) is 0 Å². The number of allylic oxidation sites excluding steroid dienone is 5. The van der Waals surface area contributed by atoms with Gasteiger partial charge in [-0.05, 0) is 188 Å². The third-order valence-electron chi connectivity index (χ3n) is 12.2. The Balaban J connectivity index is -0.000000186. The minimum atomic E-state index is -0.867. The molecule has 0 radical (unpaired) electrons. The van der Waals surface area contributed by atoms with Crippen LogP contribution in [0, 0.1) is 56.2 Å². The number of aliphatic hydroxyl groups is 4. The van der Waals surface area contributed by atoms with Crippen molar-refractivity contribution in [3.8, 4) is 23.7 Å². The lowest BCUT2D eigenvalue weighted by Gasteiger charge is -2.22. The summed E-state index contributed by atoms with van der Waals surface area (Å²) in [5, 5.41) is 35.9. The highest BCUT2D eigenvalue weighted by atomic mass is 79.9. The van der Waals surface area contributed by atoms with Crippen molar-refractivity contribution in [3.05, 3.63) is 60.1 Å². The van der Waals surface area contributed by atoms with Crippen LogP contribution in [0.1, 0.15) is 240 Å². The van der Waals surface area contributed by atoms with Crippen molar-refractivity contribution in [3.63, 3.8) is 0 Å². The SMILES string of the molecule is C.C=CCCC(C)(C)CC#CC(C)(C)O.C=CCCC(C)(C)CC=C(Br)Br.C=CCCC(C)(C)CC=O.C=CCCC(C)(C)CCO.CC1(C)CCOC(O)CC1.COC(C)(C)C#CCC(C)(C)CCCCO. The quantitative estimate of drug-likeness (QED) is 0.0311. The second-order valence-corrected chi connectivity index (χ2v) is 27.6. The topological polar surface area (TPSA) is 116 Å². The summed E-state index contributed by atoms with van der Waals surface area (Å²) in [6.07, 6.45) is 29.3. The van der Waals surface area contributed by atoms with Crippen molar-refractivity contribution in [1.29, 1.82) is 0 Å². The number of methoxy groups -OCH3 is 1. The van der Waals surface area contributed by atoms with Crippen LogP contribution in [0.5, 0.6) is 0 Å². The van der Waals surface area contributed by atoms with Gasteiger partial charge >= 0.3 is 0 Å². The number of halogens is 2. The second kappa shape index (κ2) is 45.3. The van der Waals surface area contributed by atoms with Crippen molar-refractivity contribution in [1.82, 2.24) is 0 Å². The van der Waals surface area contributed by atoms with Gasteiger partial charge in [0.1, 0.15) is 17.5 Å². The molecule has 0 aromatic carbocycles. The van der Waals surface area contributed by atoms with Crippen molar-refractivity contribution < 1.29 is 34.7 Å². The Labute approximate surface area is 471 Å². The molecule has 1 fully saturated rings. The zero-order valence-electron chi connectivity index (χ0n) is 49.7. The molecule has 0 saturated carbocycles. The van der Waals surface area contributed by atoms with Crippen molar-refractivity contribution in [2.24, 2.45) is 32.5 Å². The summed E-state index contributed by atoms with van der Waals surface area (Å²) < 4.78 is 11.4. The fourth-order valence-electron chi connectivity index (χ4n) is 6.32. The normalized spacial score (nSPS) is 14.4. The molecule has 1 aliphatic heterocycles. The van der Waals surface area contributed by atoms with Crippen LogP contribution < -0.4 is 0 Å². The van der Waals surface area contributed by atoms with Crippen LogP contribution in [0.3, 0.4) is 0 Å². The minimum absolute atomic E-state index is 0. The van der Waals surface area contributed by atoms with E-state index in [1.165, 1.54) is 6.42 Å². The maximum Gasteiger partial charge on any atom is 0.154 e. The maximum absolute atomic E-state index is 10.2. The van der Waals surface area contributed by atoms with E-state index in [4.69, 9.17) is 24.8 Å². The predicted molar refractivity (Wildman–Crippen MR) is 329 cm³/mol. The van der Waals surface area contributed by atoms with E-state index in [0.29, 0.717) is 37.1 Å². The molecule has 73 heavy (non-hydrogen) atoms. The van der Waals surface area contributed by atoms with Gasteiger partial charge in [0.05, 0.1) is 10.00 Å². The zero-order chi connectivity index (χ0) is 57.2. The van der Waals surface area contributed by atoms with Crippen LogP contribution in [-0.4, -0.2) is 71.1 Å². The summed E-state index contributed by atoms with van der Waals surface area (Å²) in [5.41, 5.74) is 0.408. The summed E-state index contributed by atoms with van der Waals surface area (Å²) in [6, 6.07) is 0. The second-order valence-electron chi connectivity index (χ2n) is 24.9. The van der Waals surface area contributed by atoms with Gasteiger partial charge in [0, 0.05) is 39.6 Å². The molecule has 7 nitrogen and oxygen atoms in total. The summed E-state index contributed by atoms with van der Waals surface area (Å²) in [7, 11) is 1.68. The number of hydrogen-bond donors (Lipinski definition) is 4. The highest BCUT2D eigenvalue weighted by Crippen LogP contribution is 2.32. The molecule has 430 valence electrons. The Kier molecular flexibility index (Phi) is 51.2. The Morgan fingerprint density at radius 2 is 1.07 bits per heavy atom. The number of carbonyl (C=O) groups is 1. The molecule has 1 unspecified atom stereocenters. The third kappa shape index (κ3) is 66.3. The molecule has 4 N–H and O–H groups in total. The highest BCUT2D eigenvalue weighted by molar-refractivity contribution is 9.28. The van der Waals surface area contributed by atoms with E-state index in [1.807, 2.05) is 38.2 Å². The van der Waals surface area contributed by atoms with Gasteiger partial charge in [-0.15, -0.1) is 26.3 Å². The average molecular weight is 1160 g/mol. The van der Waals surface area contributed by atoms with E-state index in [1.54, 1.807) is 21.0 Å². The lowest BCUT2D eigenvalue weighted by atomic mass is 9.84. The number of ether oxygens (including phenoxy) is 2. The van der Waals surface area contributed by atoms with Crippen molar-refractivity contribution in [2.45, 2.75) is 258 Å². The minimum Gasteiger partial charge on any atom is -0.396 e. The summed E-state index contributed by atoms with van der Waals surface area (Å²) in [5.74, 6) is 12.2. The Bertz CT molecular complexity index is 1550. The molecule has 1 atom stereocenters. The van der Waals surface area contributed by atoms with Gasteiger partial charge in [0.2, 0.25) is 0 Å². The molecule has 0 aromatic rings. The van der Waals surface area contributed by atoms with Gasteiger partial charge in [-0.3, -0.25) is 0 Å². The number of unbranched alkanes of at least 4 members (excludes halogenated alkanes) is 1. The highest BCUT2D eigenvalue weighted by Gasteiger charge is 2.24.